The second-order valence-corrected chi connectivity index (χ2v) is 7.39. The van der Waals surface area contributed by atoms with E-state index in [0.29, 0.717) is 24.0 Å². The molecule has 1 aliphatic heterocycles. The van der Waals surface area contributed by atoms with Gasteiger partial charge < -0.3 is 25.4 Å². The summed E-state index contributed by atoms with van der Waals surface area (Å²) in [6, 6.07) is 17.2. The summed E-state index contributed by atoms with van der Waals surface area (Å²) in [5, 5.41) is 16.4. The number of carbonyl (C=O) groups excluding carboxylic acids is 1. The average Bonchev–Trinajstić information content (AvgIpc) is 2.68. The number of aliphatic hydroxyl groups is 1. The van der Waals surface area contributed by atoms with Gasteiger partial charge in [-0.05, 0) is 17.7 Å². The third-order valence-corrected chi connectivity index (χ3v) is 5.21. The van der Waals surface area contributed by atoms with Crippen molar-refractivity contribution < 1.29 is 14.6 Å². The van der Waals surface area contributed by atoms with E-state index < -0.39 is 0 Å². The molecular weight excluding hydrogens is 354 g/mol. The van der Waals surface area contributed by atoms with Crippen LogP contribution < -0.4 is 15.4 Å². The highest BCUT2D eigenvalue weighted by Crippen LogP contribution is 2.40. The van der Waals surface area contributed by atoms with Crippen molar-refractivity contribution in [2.24, 2.45) is 0 Å². The zero-order valence-electron chi connectivity index (χ0n) is 16.6. The quantitative estimate of drug-likeness (QED) is 0.687. The number of likely N-dealkylation sites (tertiary alicyclic amines) is 1. The standard InChI is InChI=1S/C22H29N3O3/c1-15(2)23-13-19-21(16-8-5-4-6-9-16)20(14-26)25(19)22(27)24-17-10-7-11-18(12-17)28-3/h4-12,15,19-21,23,26H,13-14H2,1-3H3,(H,24,27)/t19-,20-,21-/m1/s1. The Labute approximate surface area is 166 Å². The average molecular weight is 383 g/mol. The first-order valence-electron chi connectivity index (χ1n) is 9.67. The van der Waals surface area contributed by atoms with Crippen LogP contribution in [0.25, 0.3) is 0 Å². The lowest BCUT2D eigenvalue weighted by Crippen LogP contribution is -2.69. The van der Waals surface area contributed by atoms with Crippen LogP contribution in [0.5, 0.6) is 5.75 Å². The summed E-state index contributed by atoms with van der Waals surface area (Å²) in [6.45, 7) is 4.75. The van der Waals surface area contributed by atoms with Crippen molar-refractivity contribution in [2.75, 3.05) is 25.6 Å². The number of methoxy groups -OCH3 is 1. The fourth-order valence-electron chi connectivity index (χ4n) is 3.84. The lowest BCUT2D eigenvalue weighted by molar-refractivity contribution is -0.00306. The molecule has 2 aromatic carbocycles. The summed E-state index contributed by atoms with van der Waals surface area (Å²) in [5.74, 6) is 0.772. The van der Waals surface area contributed by atoms with Crippen LogP contribution in [-0.4, -0.2) is 54.4 Å². The number of ether oxygens (including phenoxy) is 1. The van der Waals surface area contributed by atoms with Crippen LogP contribution in [0.1, 0.15) is 25.3 Å². The summed E-state index contributed by atoms with van der Waals surface area (Å²) in [5.41, 5.74) is 1.81. The minimum atomic E-state index is -0.257. The number of rotatable bonds is 7. The van der Waals surface area contributed by atoms with E-state index in [2.05, 4.69) is 36.6 Å². The molecule has 28 heavy (non-hydrogen) atoms. The molecule has 3 rings (SSSR count). The first-order chi connectivity index (χ1) is 13.5. The molecule has 2 amide bonds. The Morgan fingerprint density at radius 2 is 1.89 bits per heavy atom. The Hall–Kier alpha value is -2.57. The Bertz CT molecular complexity index is 782. The van der Waals surface area contributed by atoms with E-state index in [1.807, 2.05) is 36.4 Å². The maximum Gasteiger partial charge on any atom is 0.322 e. The maximum atomic E-state index is 13.0. The van der Waals surface area contributed by atoms with Crippen molar-refractivity contribution in [3.05, 3.63) is 60.2 Å². The highest BCUT2D eigenvalue weighted by molar-refractivity contribution is 5.91. The number of aliphatic hydroxyl groups excluding tert-OH is 1. The molecule has 0 spiro atoms. The van der Waals surface area contributed by atoms with E-state index in [0.717, 1.165) is 5.56 Å². The molecule has 1 aliphatic rings. The van der Waals surface area contributed by atoms with E-state index in [4.69, 9.17) is 4.74 Å². The van der Waals surface area contributed by atoms with Crippen LogP contribution in [0.15, 0.2) is 54.6 Å². The first kappa shape index (κ1) is 20.2. The lowest BCUT2D eigenvalue weighted by Gasteiger charge is -2.55. The number of benzene rings is 2. The zero-order chi connectivity index (χ0) is 20.1. The van der Waals surface area contributed by atoms with E-state index in [1.54, 1.807) is 18.1 Å². The predicted octanol–water partition coefficient (Wildman–Crippen LogP) is 3.05. The number of nitrogens with one attached hydrogen (secondary N) is 2. The van der Waals surface area contributed by atoms with Crippen LogP contribution in [-0.2, 0) is 0 Å². The fourth-order valence-corrected chi connectivity index (χ4v) is 3.84. The third kappa shape index (κ3) is 4.29. The number of carbonyl (C=O) groups is 1. The van der Waals surface area contributed by atoms with E-state index >= 15 is 0 Å². The van der Waals surface area contributed by atoms with Crippen LogP contribution >= 0.6 is 0 Å². The third-order valence-electron chi connectivity index (χ3n) is 5.21. The fraction of sp³-hybridized carbons (Fsp3) is 0.409. The largest absolute Gasteiger partial charge is 0.497 e. The number of anilines is 1. The summed E-state index contributed by atoms with van der Waals surface area (Å²) in [6.07, 6.45) is 0. The van der Waals surface area contributed by atoms with Gasteiger partial charge in [-0.2, -0.15) is 0 Å². The number of hydrogen-bond acceptors (Lipinski definition) is 4. The molecule has 0 bridgehead atoms. The Morgan fingerprint density at radius 3 is 2.54 bits per heavy atom. The Balaban J connectivity index is 1.80. The molecule has 0 radical (unpaired) electrons. The smallest absolute Gasteiger partial charge is 0.322 e. The minimum Gasteiger partial charge on any atom is -0.497 e. The molecule has 0 aromatic heterocycles. The number of amides is 2. The topological polar surface area (TPSA) is 73.8 Å². The first-order valence-corrected chi connectivity index (χ1v) is 9.67. The van der Waals surface area contributed by atoms with Gasteiger partial charge in [-0.15, -0.1) is 0 Å². The van der Waals surface area contributed by atoms with E-state index in [1.165, 1.54) is 0 Å². The molecule has 2 aromatic rings. The van der Waals surface area contributed by atoms with Crippen LogP contribution in [0.3, 0.4) is 0 Å². The number of nitrogens with zero attached hydrogens (tertiary/aromatic N) is 1. The van der Waals surface area contributed by atoms with Crippen molar-refractivity contribution in [3.8, 4) is 5.75 Å². The molecule has 6 heteroatoms. The summed E-state index contributed by atoms with van der Waals surface area (Å²) in [7, 11) is 1.59. The van der Waals surface area contributed by atoms with Gasteiger partial charge in [-0.25, -0.2) is 4.79 Å². The highest BCUT2D eigenvalue weighted by Gasteiger charge is 2.50. The van der Waals surface area contributed by atoms with Crippen LogP contribution in [0.2, 0.25) is 0 Å². The molecule has 3 N–H and O–H groups in total. The minimum absolute atomic E-state index is 0.0347. The highest BCUT2D eigenvalue weighted by atomic mass is 16.5. The summed E-state index contributed by atoms with van der Waals surface area (Å²) >= 11 is 0. The van der Waals surface area contributed by atoms with Gasteiger partial charge in [-0.3, -0.25) is 0 Å². The predicted molar refractivity (Wildman–Crippen MR) is 111 cm³/mol. The molecule has 1 heterocycles. The van der Waals surface area contributed by atoms with Crippen molar-refractivity contribution in [3.63, 3.8) is 0 Å². The van der Waals surface area contributed by atoms with Crippen molar-refractivity contribution in [1.82, 2.24) is 10.2 Å². The van der Waals surface area contributed by atoms with Gasteiger partial charge >= 0.3 is 6.03 Å². The normalized spacial score (nSPS) is 21.3. The van der Waals surface area contributed by atoms with Crippen molar-refractivity contribution >= 4 is 11.7 Å². The zero-order valence-corrected chi connectivity index (χ0v) is 16.6. The molecular formula is C22H29N3O3. The van der Waals surface area contributed by atoms with Gasteiger partial charge in [0.1, 0.15) is 5.75 Å². The van der Waals surface area contributed by atoms with Crippen molar-refractivity contribution in [1.29, 1.82) is 0 Å². The summed E-state index contributed by atoms with van der Waals surface area (Å²) in [4.78, 5) is 14.8. The number of hydrogen-bond donors (Lipinski definition) is 3. The molecule has 1 fully saturated rings. The second kappa shape index (κ2) is 9.08. The van der Waals surface area contributed by atoms with Gasteiger partial charge in [-0.1, -0.05) is 50.2 Å². The SMILES string of the molecule is COc1cccc(NC(=O)N2[C@H](CO)[C@H](c3ccccc3)[C@H]2CNC(C)C)c1. The molecule has 0 aliphatic carbocycles. The van der Waals surface area contributed by atoms with Gasteiger partial charge in [0.05, 0.1) is 25.8 Å². The van der Waals surface area contributed by atoms with Crippen molar-refractivity contribution in [2.45, 2.75) is 37.9 Å². The second-order valence-electron chi connectivity index (χ2n) is 7.39. The molecule has 0 saturated carbocycles. The van der Waals surface area contributed by atoms with Crippen LogP contribution in [0, 0.1) is 0 Å². The molecule has 6 nitrogen and oxygen atoms in total. The van der Waals surface area contributed by atoms with Gasteiger partial charge in [0, 0.05) is 30.3 Å². The molecule has 150 valence electrons. The molecule has 0 unspecified atom stereocenters. The summed E-state index contributed by atoms with van der Waals surface area (Å²) < 4.78 is 5.23. The van der Waals surface area contributed by atoms with Gasteiger partial charge in [0.15, 0.2) is 0 Å². The Kier molecular flexibility index (Phi) is 6.54. The lowest BCUT2D eigenvalue weighted by atomic mass is 9.75. The van der Waals surface area contributed by atoms with Crippen LogP contribution in [0.4, 0.5) is 10.5 Å². The van der Waals surface area contributed by atoms with E-state index in [9.17, 15) is 9.90 Å². The Morgan fingerprint density at radius 1 is 1.14 bits per heavy atom. The monoisotopic (exact) mass is 383 g/mol. The van der Waals surface area contributed by atoms with E-state index in [-0.39, 0.29) is 30.6 Å². The number of urea groups is 1. The van der Waals surface area contributed by atoms with Gasteiger partial charge in [0.25, 0.3) is 0 Å². The van der Waals surface area contributed by atoms with Gasteiger partial charge in [0.2, 0.25) is 0 Å². The maximum absolute atomic E-state index is 13.0. The molecule has 3 atom stereocenters. The molecule has 1 saturated heterocycles.